The fraction of sp³-hybridized carbons (Fsp3) is 0.409. The van der Waals surface area contributed by atoms with Crippen LogP contribution in [-0.2, 0) is 6.54 Å². The summed E-state index contributed by atoms with van der Waals surface area (Å²) in [6.07, 6.45) is 1.48. The van der Waals surface area contributed by atoms with Gasteiger partial charge in [0.05, 0.1) is 23.4 Å². The highest BCUT2D eigenvalue weighted by Gasteiger charge is 2.23. The third kappa shape index (κ3) is 5.99. The Morgan fingerprint density at radius 1 is 1.16 bits per heavy atom. The zero-order chi connectivity index (χ0) is 20.4. The van der Waals surface area contributed by atoms with Gasteiger partial charge in [0.25, 0.3) is 0 Å². The molecule has 1 aliphatic rings. The van der Waals surface area contributed by atoms with Gasteiger partial charge in [-0.15, -0.1) is 24.8 Å². The molecule has 9 heteroatoms. The number of benzene rings is 2. The maximum absolute atomic E-state index is 13.1. The van der Waals surface area contributed by atoms with Gasteiger partial charge in [-0.3, -0.25) is 5.41 Å². The lowest BCUT2D eigenvalue weighted by Crippen LogP contribution is -2.38. The van der Waals surface area contributed by atoms with Gasteiger partial charge in [0.1, 0.15) is 11.6 Å². The van der Waals surface area contributed by atoms with Gasteiger partial charge in [0.2, 0.25) is 0 Å². The molecule has 1 aliphatic heterocycles. The number of hydrogen-bond acceptors (Lipinski definition) is 5. The van der Waals surface area contributed by atoms with Gasteiger partial charge >= 0.3 is 0 Å². The number of thiazole rings is 1. The Hall–Kier alpha value is -1.64. The van der Waals surface area contributed by atoms with Crippen LogP contribution in [0.25, 0.3) is 10.2 Å². The number of β-amino-alcohol motifs (C(OH)–C–C–N with tert-alkyl or cyclic N) is 1. The van der Waals surface area contributed by atoms with Crippen molar-refractivity contribution in [2.45, 2.75) is 25.5 Å². The summed E-state index contributed by atoms with van der Waals surface area (Å²) in [6, 6.07) is 12.1. The van der Waals surface area contributed by atoms with Crippen molar-refractivity contribution in [3.8, 4) is 5.75 Å². The van der Waals surface area contributed by atoms with E-state index in [0.29, 0.717) is 17.3 Å². The van der Waals surface area contributed by atoms with Crippen molar-refractivity contribution in [2.24, 2.45) is 5.92 Å². The quantitative estimate of drug-likeness (QED) is 0.533. The Labute approximate surface area is 197 Å². The summed E-state index contributed by atoms with van der Waals surface area (Å²) in [6.45, 7) is 3.26. The van der Waals surface area contributed by atoms with Gasteiger partial charge in [-0.05, 0) is 67.7 Å². The zero-order valence-electron chi connectivity index (χ0n) is 17.3. The van der Waals surface area contributed by atoms with Gasteiger partial charge in [-0.2, -0.15) is 0 Å². The summed E-state index contributed by atoms with van der Waals surface area (Å²) in [5.74, 6) is 1.05. The van der Waals surface area contributed by atoms with E-state index in [1.54, 1.807) is 19.2 Å². The molecule has 1 unspecified atom stereocenters. The number of nitrogens with one attached hydrogen (secondary N) is 1. The summed E-state index contributed by atoms with van der Waals surface area (Å²) in [5.41, 5.74) is 1.85. The molecule has 0 amide bonds. The Morgan fingerprint density at radius 2 is 1.84 bits per heavy atom. The normalized spacial score (nSPS) is 15.8. The number of aliphatic hydroxyl groups excluding tert-OH is 1. The predicted molar refractivity (Wildman–Crippen MR) is 127 cm³/mol. The molecule has 1 saturated heterocycles. The first-order chi connectivity index (χ1) is 14.0. The topological polar surface area (TPSA) is 61.5 Å². The van der Waals surface area contributed by atoms with Gasteiger partial charge in [0.15, 0.2) is 4.80 Å². The highest BCUT2D eigenvalue weighted by Crippen LogP contribution is 2.26. The summed E-state index contributed by atoms with van der Waals surface area (Å²) in [4.78, 5) is 2.84. The molecule has 170 valence electrons. The molecule has 2 aromatic carbocycles. The molecule has 4 rings (SSSR count). The van der Waals surface area contributed by atoms with Gasteiger partial charge in [0, 0.05) is 13.1 Å². The van der Waals surface area contributed by atoms with E-state index in [1.807, 2.05) is 18.2 Å². The molecule has 2 N–H and O–H groups in total. The number of methoxy groups -OCH3 is 1. The number of fused-ring (bicyclic) bond motifs is 1. The lowest BCUT2D eigenvalue weighted by atomic mass is 9.96. The number of likely N-dealkylation sites (tertiary alicyclic amines) is 1. The Balaban J connectivity index is 0.00000171. The minimum Gasteiger partial charge on any atom is -0.497 e. The average molecular weight is 488 g/mol. The molecule has 0 bridgehead atoms. The largest absolute Gasteiger partial charge is 0.497 e. The van der Waals surface area contributed by atoms with E-state index in [-0.39, 0.29) is 30.6 Å². The first-order valence-electron chi connectivity index (χ1n) is 9.91. The number of ether oxygens (including phenoxy) is 1. The number of nitrogens with zero attached hydrogens (tertiary/aromatic N) is 2. The van der Waals surface area contributed by atoms with Crippen LogP contribution in [0, 0.1) is 17.1 Å². The summed E-state index contributed by atoms with van der Waals surface area (Å²) < 4.78 is 21.5. The molecular weight excluding hydrogens is 460 g/mol. The lowest BCUT2D eigenvalue weighted by molar-refractivity contribution is 0.0867. The molecule has 3 aromatic rings. The van der Waals surface area contributed by atoms with Crippen LogP contribution in [-0.4, -0.2) is 41.3 Å². The van der Waals surface area contributed by atoms with Crippen molar-refractivity contribution in [3.05, 3.63) is 58.6 Å². The monoisotopic (exact) mass is 487 g/mol. The second kappa shape index (κ2) is 11.3. The number of hydrogen-bond donors (Lipinski definition) is 2. The molecule has 31 heavy (non-hydrogen) atoms. The molecule has 0 saturated carbocycles. The Morgan fingerprint density at radius 3 is 2.48 bits per heavy atom. The van der Waals surface area contributed by atoms with Crippen LogP contribution in [0.1, 0.15) is 24.5 Å². The van der Waals surface area contributed by atoms with Crippen LogP contribution in [0.5, 0.6) is 5.75 Å². The standard InChI is InChI=1S/C22H26FN3O2S.2ClH/c1-28-18-6-7-19-21(12-18)29-22(24)26(19)13-15-8-10-25(11-9-15)14-20(27)16-2-4-17(23)5-3-16;;/h2-7,12,15,20,24,27H,8-11,13-14H2,1H3;2*1H. The third-order valence-corrected chi connectivity index (χ3v) is 6.70. The fourth-order valence-corrected chi connectivity index (χ4v) is 4.97. The van der Waals surface area contributed by atoms with Crippen LogP contribution in [0.4, 0.5) is 4.39 Å². The van der Waals surface area contributed by atoms with Crippen molar-refractivity contribution in [1.29, 1.82) is 5.41 Å². The van der Waals surface area contributed by atoms with Gasteiger partial charge in [-0.25, -0.2) is 4.39 Å². The van der Waals surface area contributed by atoms with E-state index in [4.69, 9.17) is 10.1 Å². The summed E-state index contributed by atoms with van der Waals surface area (Å²) >= 11 is 1.48. The van der Waals surface area contributed by atoms with Crippen molar-refractivity contribution >= 4 is 46.4 Å². The first-order valence-corrected chi connectivity index (χ1v) is 10.7. The highest BCUT2D eigenvalue weighted by molar-refractivity contribution is 7.16. The second-order valence-electron chi connectivity index (χ2n) is 7.66. The Kier molecular flexibility index (Phi) is 9.33. The number of rotatable bonds is 6. The minimum absolute atomic E-state index is 0. The molecule has 2 heterocycles. The average Bonchev–Trinajstić information content (AvgIpc) is 3.04. The number of aliphatic hydroxyl groups is 1. The maximum atomic E-state index is 13.1. The van der Waals surface area contributed by atoms with Crippen LogP contribution < -0.4 is 9.54 Å². The van der Waals surface area contributed by atoms with E-state index < -0.39 is 6.10 Å². The molecule has 1 aromatic heterocycles. The van der Waals surface area contributed by atoms with Gasteiger partial charge in [-0.1, -0.05) is 23.5 Å². The van der Waals surface area contributed by atoms with Crippen LogP contribution in [0.3, 0.4) is 0 Å². The van der Waals surface area contributed by atoms with Crippen molar-refractivity contribution in [2.75, 3.05) is 26.7 Å². The SMILES string of the molecule is COc1ccc2c(c1)sc(=N)n2CC1CCN(CC(O)c2ccc(F)cc2)CC1.Cl.Cl. The number of aromatic nitrogens is 1. The van der Waals surface area contributed by atoms with Crippen LogP contribution >= 0.6 is 36.2 Å². The van der Waals surface area contributed by atoms with E-state index in [2.05, 4.69) is 9.47 Å². The fourth-order valence-electron chi connectivity index (χ4n) is 4.02. The first kappa shape index (κ1) is 25.6. The van der Waals surface area contributed by atoms with E-state index in [9.17, 15) is 9.50 Å². The molecule has 0 radical (unpaired) electrons. The molecule has 5 nitrogen and oxygen atoms in total. The maximum Gasteiger partial charge on any atom is 0.182 e. The van der Waals surface area contributed by atoms with Crippen molar-refractivity contribution < 1.29 is 14.2 Å². The second-order valence-corrected chi connectivity index (χ2v) is 8.69. The number of piperidine rings is 1. The summed E-state index contributed by atoms with van der Waals surface area (Å²) in [5, 5.41) is 18.8. The van der Waals surface area contributed by atoms with Crippen LogP contribution in [0.2, 0.25) is 0 Å². The molecule has 1 atom stereocenters. The number of halogens is 3. The van der Waals surface area contributed by atoms with Crippen LogP contribution in [0.15, 0.2) is 42.5 Å². The van der Waals surface area contributed by atoms with Crippen molar-refractivity contribution in [1.82, 2.24) is 9.47 Å². The van der Waals surface area contributed by atoms with E-state index >= 15 is 0 Å². The smallest absolute Gasteiger partial charge is 0.182 e. The minimum atomic E-state index is -0.600. The van der Waals surface area contributed by atoms with Crippen molar-refractivity contribution in [3.63, 3.8) is 0 Å². The van der Waals surface area contributed by atoms with E-state index in [0.717, 1.165) is 54.0 Å². The van der Waals surface area contributed by atoms with Gasteiger partial charge < -0.3 is 19.3 Å². The van der Waals surface area contributed by atoms with E-state index in [1.165, 1.54) is 23.5 Å². The predicted octanol–water partition coefficient (Wildman–Crippen LogP) is 4.62. The lowest BCUT2D eigenvalue weighted by Gasteiger charge is -2.33. The summed E-state index contributed by atoms with van der Waals surface area (Å²) in [7, 11) is 1.66. The molecule has 1 fully saturated rings. The zero-order valence-corrected chi connectivity index (χ0v) is 19.7. The third-order valence-electron chi connectivity index (χ3n) is 5.74. The molecular formula is C22H28Cl2FN3O2S. The highest BCUT2D eigenvalue weighted by atomic mass is 35.5. The molecule has 0 aliphatic carbocycles. The Bertz CT molecular complexity index is 1030. The molecule has 0 spiro atoms.